The van der Waals surface area contributed by atoms with Crippen molar-refractivity contribution in [3.05, 3.63) is 47.3 Å². The number of hydrogen-bond acceptors (Lipinski definition) is 6. The van der Waals surface area contributed by atoms with Gasteiger partial charge in [0, 0.05) is 19.3 Å². The SMILES string of the molecule is CN(Sc1cc(C(N)=O)c(NC(=O)c2ccccc2F)s1)C1CCOCC1. The van der Waals surface area contributed by atoms with Crippen LogP contribution in [0, 0.1) is 5.82 Å². The van der Waals surface area contributed by atoms with Gasteiger partial charge in [-0.2, -0.15) is 0 Å². The smallest absolute Gasteiger partial charge is 0.259 e. The molecular formula is C18H20FN3O3S2. The van der Waals surface area contributed by atoms with E-state index in [0.717, 1.165) is 30.3 Å². The Morgan fingerprint density at radius 1 is 1.30 bits per heavy atom. The zero-order valence-electron chi connectivity index (χ0n) is 14.7. The zero-order valence-corrected chi connectivity index (χ0v) is 16.4. The average molecular weight is 410 g/mol. The quantitative estimate of drug-likeness (QED) is 0.715. The van der Waals surface area contributed by atoms with Gasteiger partial charge in [0.05, 0.1) is 15.3 Å². The lowest BCUT2D eigenvalue weighted by atomic mass is 10.1. The Morgan fingerprint density at radius 2 is 2.00 bits per heavy atom. The van der Waals surface area contributed by atoms with Gasteiger partial charge in [0.2, 0.25) is 0 Å². The number of amides is 2. The zero-order chi connectivity index (χ0) is 19.4. The maximum Gasteiger partial charge on any atom is 0.259 e. The molecule has 3 rings (SSSR count). The molecule has 144 valence electrons. The van der Waals surface area contributed by atoms with Crippen molar-refractivity contribution < 1.29 is 18.7 Å². The van der Waals surface area contributed by atoms with E-state index in [-0.39, 0.29) is 11.1 Å². The van der Waals surface area contributed by atoms with Crippen molar-refractivity contribution in [1.29, 1.82) is 0 Å². The number of thiophene rings is 1. The second kappa shape index (κ2) is 8.83. The summed E-state index contributed by atoms with van der Waals surface area (Å²) in [6.07, 6.45) is 1.88. The minimum absolute atomic E-state index is 0.0881. The van der Waals surface area contributed by atoms with Gasteiger partial charge in [-0.05, 0) is 50.0 Å². The largest absolute Gasteiger partial charge is 0.381 e. The number of hydrogen-bond donors (Lipinski definition) is 2. The van der Waals surface area contributed by atoms with E-state index >= 15 is 0 Å². The molecule has 9 heteroatoms. The number of primary amides is 1. The molecule has 1 aromatic carbocycles. The van der Waals surface area contributed by atoms with Crippen LogP contribution in [0.2, 0.25) is 0 Å². The molecule has 1 aromatic heterocycles. The molecular weight excluding hydrogens is 389 g/mol. The Bertz CT molecular complexity index is 837. The van der Waals surface area contributed by atoms with Crippen molar-refractivity contribution in [2.24, 2.45) is 5.73 Å². The number of nitrogens with zero attached hydrogens (tertiary/aromatic N) is 1. The highest BCUT2D eigenvalue weighted by molar-refractivity contribution is 7.99. The van der Waals surface area contributed by atoms with Crippen molar-refractivity contribution in [3.8, 4) is 0 Å². The number of benzene rings is 1. The molecule has 0 aliphatic carbocycles. The fourth-order valence-corrected chi connectivity index (χ4v) is 5.13. The molecule has 3 N–H and O–H groups in total. The van der Waals surface area contributed by atoms with E-state index in [4.69, 9.17) is 10.5 Å². The number of anilines is 1. The molecule has 2 heterocycles. The molecule has 0 atom stereocenters. The van der Waals surface area contributed by atoms with Crippen LogP contribution in [-0.2, 0) is 4.74 Å². The van der Waals surface area contributed by atoms with E-state index < -0.39 is 17.6 Å². The number of nitrogens with one attached hydrogen (secondary N) is 1. The Balaban J connectivity index is 1.76. The van der Waals surface area contributed by atoms with Crippen LogP contribution in [-0.4, -0.2) is 42.4 Å². The van der Waals surface area contributed by atoms with Crippen molar-refractivity contribution in [2.75, 3.05) is 25.6 Å². The van der Waals surface area contributed by atoms with Gasteiger partial charge < -0.3 is 15.8 Å². The molecule has 27 heavy (non-hydrogen) atoms. The molecule has 0 radical (unpaired) electrons. The predicted molar refractivity (Wildman–Crippen MR) is 105 cm³/mol. The summed E-state index contributed by atoms with van der Waals surface area (Å²) in [5, 5.41) is 2.93. The molecule has 0 spiro atoms. The van der Waals surface area contributed by atoms with Gasteiger partial charge in [-0.15, -0.1) is 11.3 Å². The topological polar surface area (TPSA) is 84.7 Å². The lowest BCUT2D eigenvalue weighted by Gasteiger charge is -2.29. The summed E-state index contributed by atoms with van der Waals surface area (Å²) in [6, 6.07) is 7.71. The van der Waals surface area contributed by atoms with E-state index in [9.17, 15) is 14.0 Å². The Hall–Kier alpha value is -1.94. The van der Waals surface area contributed by atoms with Crippen molar-refractivity contribution in [1.82, 2.24) is 4.31 Å². The van der Waals surface area contributed by atoms with Crippen LogP contribution in [0.4, 0.5) is 9.39 Å². The summed E-state index contributed by atoms with van der Waals surface area (Å²) in [5.41, 5.74) is 5.58. The summed E-state index contributed by atoms with van der Waals surface area (Å²) in [4.78, 5) is 24.1. The summed E-state index contributed by atoms with van der Waals surface area (Å²) in [6.45, 7) is 1.47. The fourth-order valence-electron chi connectivity index (χ4n) is 2.77. The van der Waals surface area contributed by atoms with Crippen LogP contribution >= 0.6 is 23.3 Å². The first-order chi connectivity index (χ1) is 13.0. The minimum Gasteiger partial charge on any atom is -0.381 e. The van der Waals surface area contributed by atoms with E-state index in [1.165, 1.54) is 41.5 Å². The highest BCUT2D eigenvalue weighted by Crippen LogP contribution is 2.37. The van der Waals surface area contributed by atoms with Crippen LogP contribution in [0.5, 0.6) is 0 Å². The molecule has 0 unspecified atom stereocenters. The van der Waals surface area contributed by atoms with Crippen LogP contribution in [0.3, 0.4) is 0 Å². The van der Waals surface area contributed by atoms with Gasteiger partial charge in [0.15, 0.2) is 0 Å². The van der Waals surface area contributed by atoms with Gasteiger partial charge in [-0.25, -0.2) is 8.70 Å². The van der Waals surface area contributed by atoms with Crippen LogP contribution in [0.25, 0.3) is 0 Å². The third kappa shape index (κ3) is 4.86. The van der Waals surface area contributed by atoms with Crippen molar-refractivity contribution >= 4 is 40.1 Å². The van der Waals surface area contributed by atoms with Crippen LogP contribution < -0.4 is 11.1 Å². The number of rotatable bonds is 6. The third-order valence-corrected chi connectivity index (χ3v) is 6.46. The molecule has 6 nitrogen and oxygen atoms in total. The highest BCUT2D eigenvalue weighted by Gasteiger charge is 2.23. The highest BCUT2D eigenvalue weighted by atomic mass is 32.2. The first-order valence-electron chi connectivity index (χ1n) is 8.43. The molecule has 2 aromatic rings. The van der Waals surface area contributed by atoms with Gasteiger partial charge in [-0.1, -0.05) is 12.1 Å². The third-order valence-electron chi connectivity index (χ3n) is 4.26. The normalized spacial score (nSPS) is 15.1. The molecule has 1 aliphatic rings. The van der Waals surface area contributed by atoms with E-state index in [1.807, 2.05) is 7.05 Å². The minimum atomic E-state index is -0.643. The van der Waals surface area contributed by atoms with Gasteiger partial charge >= 0.3 is 0 Å². The van der Waals surface area contributed by atoms with Crippen LogP contribution in [0.1, 0.15) is 33.6 Å². The van der Waals surface area contributed by atoms with Crippen LogP contribution in [0.15, 0.2) is 34.5 Å². The van der Waals surface area contributed by atoms with Gasteiger partial charge in [0.1, 0.15) is 10.8 Å². The van der Waals surface area contributed by atoms with E-state index in [2.05, 4.69) is 9.62 Å². The van der Waals surface area contributed by atoms with Gasteiger partial charge in [0.25, 0.3) is 11.8 Å². The lowest BCUT2D eigenvalue weighted by molar-refractivity contribution is 0.0653. The molecule has 1 aliphatic heterocycles. The van der Waals surface area contributed by atoms with E-state index in [1.54, 1.807) is 12.1 Å². The number of ether oxygens (including phenoxy) is 1. The van der Waals surface area contributed by atoms with E-state index in [0.29, 0.717) is 11.0 Å². The fraction of sp³-hybridized carbons (Fsp3) is 0.333. The van der Waals surface area contributed by atoms with Crippen molar-refractivity contribution in [2.45, 2.75) is 23.1 Å². The summed E-state index contributed by atoms with van der Waals surface area (Å²) in [5.74, 6) is -1.89. The summed E-state index contributed by atoms with van der Waals surface area (Å²) < 4.78 is 22.1. The Morgan fingerprint density at radius 3 is 2.67 bits per heavy atom. The molecule has 1 saturated heterocycles. The Kier molecular flexibility index (Phi) is 6.48. The Labute approximate surface area is 165 Å². The number of carbonyl (C=O) groups excluding carboxylic acids is 2. The molecule has 1 fully saturated rings. The lowest BCUT2D eigenvalue weighted by Crippen LogP contribution is -2.32. The molecule has 0 bridgehead atoms. The summed E-state index contributed by atoms with van der Waals surface area (Å²) >= 11 is 2.74. The first-order valence-corrected chi connectivity index (χ1v) is 10.0. The molecule has 2 amide bonds. The van der Waals surface area contributed by atoms with Gasteiger partial charge in [-0.3, -0.25) is 9.59 Å². The number of carbonyl (C=O) groups is 2. The second-order valence-corrected chi connectivity index (χ2v) is 8.60. The first kappa shape index (κ1) is 19.8. The number of nitrogens with two attached hydrogens (primary N) is 1. The molecule has 0 saturated carbocycles. The standard InChI is InChI=1S/C18H20FN3O3S2/c1-22(11-6-8-25-9-7-11)27-15-10-13(16(20)23)18(26-15)21-17(24)12-4-2-3-5-14(12)19/h2-5,10-11H,6-9H2,1H3,(H2,20,23)(H,21,24). The maximum atomic E-state index is 13.8. The predicted octanol–water partition coefficient (Wildman–Crippen LogP) is 3.36. The number of halogens is 1. The van der Waals surface area contributed by atoms with Crippen molar-refractivity contribution in [3.63, 3.8) is 0 Å². The monoisotopic (exact) mass is 409 g/mol. The average Bonchev–Trinajstić information content (AvgIpc) is 3.05. The second-order valence-electron chi connectivity index (χ2n) is 6.09. The summed E-state index contributed by atoms with van der Waals surface area (Å²) in [7, 11) is 1.99. The maximum absolute atomic E-state index is 13.8.